The third-order valence-electron chi connectivity index (χ3n) is 4.67. The molecule has 8 heteroatoms. The number of carbonyl (C=O) groups is 1. The molecule has 2 heterocycles. The maximum Gasteiger partial charge on any atom is 0.227 e. The van der Waals surface area contributed by atoms with E-state index in [2.05, 4.69) is 20.6 Å². The largest absolute Gasteiger partial charge is 0.394 e. The lowest BCUT2D eigenvalue weighted by atomic mass is 9.97. The Morgan fingerprint density at radius 3 is 2.61 bits per heavy atom. The average molecular weight is 404 g/mol. The van der Waals surface area contributed by atoms with E-state index >= 15 is 0 Å². The van der Waals surface area contributed by atoms with Gasteiger partial charge in [0.1, 0.15) is 5.02 Å². The summed E-state index contributed by atoms with van der Waals surface area (Å²) in [5, 5.41) is 16.2. The molecule has 0 bridgehead atoms. The van der Waals surface area contributed by atoms with Gasteiger partial charge in [-0.1, -0.05) is 41.4 Å². The van der Waals surface area contributed by atoms with E-state index in [1.807, 2.05) is 49.9 Å². The highest BCUT2D eigenvalue weighted by molar-refractivity contribution is 6.32. The molecule has 1 aliphatic heterocycles. The molecule has 1 amide bonds. The lowest BCUT2D eigenvalue weighted by Gasteiger charge is -2.40. The molecule has 28 heavy (non-hydrogen) atoms. The first-order valence-corrected chi connectivity index (χ1v) is 9.77. The molecule has 1 aromatic heterocycles. The number of hydrogen-bond acceptors (Lipinski definition) is 6. The number of benzene rings is 1. The number of anilines is 2. The van der Waals surface area contributed by atoms with Crippen molar-refractivity contribution in [2.45, 2.75) is 32.9 Å². The molecule has 2 aromatic rings. The molecule has 1 saturated heterocycles. The molecule has 0 spiro atoms. The van der Waals surface area contributed by atoms with E-state index in [1.165, 1.54) is 0 Å². The summed E-state index contributed by atoms with van der Waals surface area (Å²) in [6.07, 6.45) is 1.57. The fourth-order valence-electron chi connectivity index (χ4n) is 3.05. The van der Waals surface area contributed by atoms with Crippen LogP contribution in [0.1, 0.15) is 31.0 Å². The van der Waals surface area contributed by atoms with Crippen molar-refractivity contribution in [1.29, 1.82) is 0 Å². The van der Waals surface area contributed by atoms with Crippen molar-refractivity contribution in [1.82, 2.24) is 15.3 Å². The lowest BCUT2D eigenvalue weighted by molar-refractivity contribution is -0.126. The number of aromatic nitrogens is 2. The van der Waals surface area contributed by atoms with E-state index in [0.29, 0.717) is 29.9 Å². The molecular formula is C20H26ClN5O2. The molecule has 0 saturated carbocycles. The molecule has 0 radical (unpaired) electrons. The fourth-order valence-corrected chi connectivity index (χ4v) is 3.26. The summed E-state index contributed by atoms with van der Waals surface area (Å²) in [7, 11) is 0. The number of hydrogen-bond donors (Lipinski definition) is 3. The van der Waals surface area contributed by atoms with Crippen molar-refractivity contribution < 1.29 is 9.90 Å². The number of amides is 1. The third-order valence-corrected chi connectivity index (χ3v) is 4.94. The minimum Gasteiger partial charge on any atom is -0.394 e. The number of aliphatic hydroxyl groups excluding tert-OH is 1. The van der Waals surface area contributed by atoms with E-state index in [9.17, 15) is 9.90 Å². The predicted octanol–water partition coefficient (Wildman–Crippen LogP) is 2.54. The summed E-state index contributed by atoms with van der Waals surface area (Å²) in [5.74, 6) is 0.886. The summed E-state index contributed by atoms with van der Waals surface area (Å²) in [5.41, 5.74) is 2.02. The number of halogens is 1. The van der Waals surface area contributed by atoms with Crippen LogP contribution in [0, 0.1) is 12.8 Å². The first-order valence-electron chi connectivity index (χ1n) is 9.39. The first-order chi connectivity index (χ1) is 13.4. The third kappa shape index (κ3) is 4.72. The Kier molecular flexibility index (Phi) is 6.36. The van der Waals surface area contributed by atoms with Gasteiger partial charge >= 0.3 is 0 Å². The van der Waals surface area contributed by atoms with Crippen LogP contribution < -0.4 is 15.5 Å². The maximum atomic E-state index is 12.6. The van der Waals surface area contributed by atoms with Gasteiger partial charge in [-0.05, 0) is 26.3 Å². The summed E-state index contributed by atoms with van der Waals surface area (Å²) >= 11 is 6.24. The molecule has 3 N–H and O–H groups in total. The topological polar surface area (TPSA) is 90.4 Å². The van der Waals surface area contributed by atoms with Crippen molar-refractivity contribution in [3.63, 3.8) is 0 Å². The average Bonchev–Trinajstić information content (AvgIpc) is 2.61. The van der Waals surface area contributed by atoms with Crippen molar-refractivity contribution in [3.05, 3.63) is 46.6 Å². The molecule has 0 aliphatic carbocycles. The monoisotopic (exact) mass is 403 g/mol. The van der Waals surface area contributed by atoms with Gasteiger partial charge in [0.15, 0.2) is 5.82 Å². The minimum atomic E-state index is -0.411. The van der Waals surface area contributed by atoms with Gasteiger partial charge in [0.05, 0.1) is 24.8 Å². The zero-order valence-electron chi connectivity index (χ0n) is 16.3. The van der Waals surface area contributed by atoms with Gasteiger partial charge in [0, 0.05) is 19.1 Å². The fraction of sp³-hybridized carbons (Fsp3) is 0.450. The molecule has 1 aromatic carbocycles. The molecule has 7 nitrogen and oxygen atoms in total. The van der Waals surface area contributed by atoms with Crippen LogP contribution in [0.5, 0.6) is 0 Å². The summed E-state index contributed by atoms with van der Waals surface area (Å²) in [6.45, 7) is 6.92. The Morgan fingerprint density at radius 1 is 1.32 bits per heavy atom. The van der Waals surface area contributed by atoms with E-state index < -0.39 is 6.04 Å². The van der Waals surface area contributed by atoms with Gasteiger partial charge in [0.2, 0.25) is 11.9 Å². The first kappa shape index (κ1) is 20.4. The maximum absolute atomic E-state index is 12.6. The smallest absolute Gasteiger partial charge is 0.227 e. The Morgan fingerprint density at radius 2 is 2.00 bits per heavy atom. The minimum absolute atomic E-state index is 0.0819. The Balaban J connectivity index is 1.60. The SMILES string of the molecule is Cc1ccc(C(CO)NC(=O)C2CN(c3nc(NC(C)C)ncc3Cl)C2)cc1. The second kappa shape index (κ2) is 8.75. The molecule has 1 atom stereocenters. The molecule has 3 rings (SSSR count). The quantitative estimate of drug-likeness (QED) is 0.658. The van der Waals surface area contributed by atoms with Crippen LogP contribution in [0.25, 0.3) is 0 Å². The predicted molar refractivity (Wildman–Crippen MR) is 111 cm³/mol. The van der Waals surface area contributed by atoms with E-state index in [1.54, 1.807) is 6.20 Å². The standard InChI is InChI=1S/C20H26ClN5O2/c1-12(2)23-20-22-8-16(21)18(25-20)26-9-15(10-26)19(28)24-17(11-27)14-6-4-13(3)5-7-14/h4-8,12,15,17,27H,9-11H2,1-3H3,(H,24,28)(H,22,23,25). The Labute approximate surface area is 170 Å². The normalized spacial score (nSPS) is 15.3. The zero-order chi connectivity index (χ0) is 20.3. The van der Waals surface area contributed by atoms with Crippen molar-refractivity contribution >= 4 is 29.3 Å². The van der Waals surface area contributed by atoms with Crippen LogP contribution in [0.3, 0.4) is 0 Å². The lowest BCUT2D eigenvalue weighted by Crippen LogP contribution is -2.54. The van der Waals surface area contributed by atoms with Crippen molar-refractivity contribution in [3.8, 4) is 0 Å². The van der Waals surface area contributed by atoms with E-state index in [0.717, 1.165) is 11.1 Å². The van der Waals surface area contributed by atoms with Gasteiger partial charge < -0.3 is 20.6 Å². The second-order valence-corrected chi connectivity index (χ2v) is 7.83. The Hall–Kier alpha value is -2.38. The van der Waals surface area contributed by atoms with Crippen LogP contribution in [-0.2, 0) is 4.79 Å². The van der Waals surface area contributed by atoms with Gasteiger partial charge in [0.25, 0.3) is 0 Å². The van der Waals surface area contributed by atoms with Crippen molar-refractivity contribution in [2.24, 2.45) is 5.92 Å². The van der Waals surface area contributed by atoms with Crippen LogP contribution in [0.4, 0.5) is 11.8 Å². The summed E-state index contributed by atoms with van der Waals surface area (Å²) in [4.78, 5) is 23.2. The Bertz CT molecular complexity index is 822. The van der Waals surface area contributed by atoms with E-state index in [4.69, 9.17) is 11.6 Å². The number of aryl methyl sites for hydroxylation is 1. The molecule has 150 valence electrons. The van der Waals surface area contributed by atoms with Gasteiger partial charge in [-0.2, -0.15) is 4.98 Å². The highest BCUT2D eigenvalue weighted by Gasteiger charge is 2.35. The molecular weight excluding hydrogens is 378 g/mol. The molecule has 1 fully saturated rings. The number of aliphatic hydroxyl groups is 1. The molecule has 1 aliphatic rings. The second-order valence-electron chi connectivity index (χ2n) is 7.42. The highest BCUT2D eigenvalue weighted by Crippen LogP contribution is 2.30. The molecule has 1 unspecified atom stereocenters. The van der Waals surface area contributed by atoms with E-state index in [-0.39, 0.29) is 24.5 Å². The summed E-state index contributed by atoms with van der Waals surface area (Å²) < 4.78 is 0. The van der Waals surface area contributed by atoms with Gasteiger partial charge in [-0.3, -0.25) is 4.79 Å². The van der Waals surface area contributed by atoms with Crippen molar-refractivity contribution in [2.75, 3.05) is 29.9 Å². The van der Waals surface area contributed by atoms with Gasteiger partial charge in [-0.25, -0.2) is 4.98 Å². The summed E-state index contributed by atoms with van der Waals surface area (Å²) in [6, 6.07) is 7.58. The highest BCUT2D eigenvalue weighted by atomic mass is 35.5. The number of nitrogens with one attached hydrogen (secondary N) is 2. The van der Waals surface area contributed by atoms with Crippen LogP contribution >= 0.6 is 11.6 Å². The van der Waals surface area contributed by atoms with Crippen LogP contribution in [-0.4, -0.2) is 46.7 Å². The van der Waals surface area contributed by atoms with Crippen LogP contribution in [0.15, 0.2) is 30.5 Å². The van der Waals surface area contributed by atoms with Crippen LogP contribution in [0.2, 0.25) is 5.02 Å². The zero-order valence-corrected chi connectivity index (χ0v) is 17.1. The number of nitrogens with zero attached hydrogens (tertiary/aromatic N) is 3. The van der Waals surface area contributed by atoms with Gasteiger partial charge in [-0.15, -0.1) is 0 Å². The number of carbonyl (C=O) groups excluding carboxylic acids is 1. The number of rotatable bonds is 7.